The smallest absolute Gasteiger partial charge is 0.240 e. The molecule has 0 aliphatic rings. The third kappa shape index (κ3) is 5.93. The zero-order chi connectivity index (χ0) is 18.2. The topological polar surface area (TPSA) is 90.8 Å². The summed E-state index contributed by atoms with van der Waals surface area (Å²) in [6.07, 6.45) is 1.44. The van der Waals surface area contributed by atoms with E-state index >= 15 is 0 Å². The average molecular weight is 360 g/mol. The van der Waals surface area contributed by atoms with Crippen LogP contribution in [-0.4, -0.2) is 23.1 Å². The minimum Gasteiger partial charge on any atom is -0.508 e. The minimum absolute atomic E-state index is 0.00280. The van der Waals surface area contributed by atoms with E-state index in [1.807, 2.05) is 0 Å². The number of hydrogen-bond acceptors (Lipinski definition) is 4. The Bertz CT molecular complexity index is 806. The number of anilines is 1. The molecule has 0 fully saturated rings. The molecule has 2 aromatic carbocycles. The fourth-order valence-corrected chi connectivity index (χ4v) is 2.20. The normalized spacial score (nSPS) is 10.6. The first-order chi connectivity index (χ1) is 12.0. The summed E-state index contributed by atoms with van der Waals surface area (Å²) < 4.78 is 0. The number of hydrogen-bond donors (Lipinski definition) is 3. The number of benzene rings is 2. The van der Waals surface area contributed by atoms with Gasteiger partial charge < -0.3 is 10.4 Å². The maximum absolute atomic E-state index is 11.9. The molecule has 2 amide bonds. The Labute approximate surface area is 150 Å². The second-order valence-electron chi connectivity index (χ2n) is 5.35. The molecule has 0 heterocycles. The van der Waals surface area contributed by atoms with Crippen LogP contribution in [-0.2, 0) is 9.59 Å². The molecule has 130 valence electrons. The summed E-state index contributed by atoms with van der Waals surface area (Å²) in [4.78, 5) is 23.6. The lowest BCUT2D eigenvalue weighted by molar-refractivity contribution is -0.124. The summed E-state index contributed by atoms with van der Waals surface area (Å²) in [5.74, 6) is -0.546. The summed E-state index contributed by atoms with van der Waals surface area (Å²) in [6, 6.07) is 11.7. The molecule has 0 atom stereocenters. The van der Waals surface area contributed by atoms with Crippen LogP contribution in [0.25, 0.3) is 0 Å². The monoisotopic (exact) mass is 359 g/mol. The van der Waals surface area contributed by atoms with Crippen LogP contribution in [0, 0.1) is 6.92 Å². The average Bonchev–Trinajstić information content (AvgIpc) is 2.57. The van der Waals surface area contributed by atoms with Crippen molar-refractivity contribution in [2.75, 3.05) is 5.32 Å². The van der Waals surface area contributed by atoms with E-state index in [2.05, 4.69) is 15.8 Å². The highest BCUT2D eigenvalue weighted by Crippen LogP contribution is 2.23. The maximum atomic E-state index is 11.9. The third-order valence-electron chi connectivity index (χ3n) is 3.39. The molecule has 0 aliphatic carbocycles. The van der Waals surface area contributed by atoms with Gasteiger partial charge in [-0.15, -0.1) is 0 Å². The van der Waals surface area contributed by atoms with E-state index in [0.29, 0.717) is 16.3 Å². The van der Waals surface area contributed by atoms with Crippen LogP contribution in [0.15, 0.2) is 47.6 Å². The van der Waals surface area contributed by atoms with E-state index in [9.17, 15) is 14.7 Å². The van der Waals surface area contributed by atoms with Crippen LogP contribution < -0.4 is 10.7 Å². The summed E-state index contributed by atoms with van der Waals surface area (Å²) >= 11 is 6.00. The van der Waals surface area contributed by atoms with Gasteiger partial charge in [0, 0.05) is 23.6 Å². The van der Waals surface area contributed by atoms with E-state index in [4.69, 9.17) is 11.6 Å². The predicted molar refractivity (Wildman–Crippen MR) is 97.9 cm³/mol. The van der Waals surface area contributed by atoms with E-state index in [1.54, 1.807) is 37.3 Å². The molecule has 0 aliphatic heterocycles. The molecule has 3 N–H and O–H groups in total. The van der Waals surface area contributed by atoms with E-state index in [-0.39, 0.29) is 30.4 Å². The summed E-state index contributed by atoms with van der Waals surface area (Å²) in [7, 11) is 0. The largest absolute Gasteiger partial charge is 0.508 e. The molecule has 0 saturated carbocycles. The van der Waals surface area contributed by atoms with E-state index < -0.39 is 0 Å². The van der Waals surface area contributed by atoms with Gasteiger partial charge >= 0.3 is 0 Å². The molecular formula is C18H18ClN3O3. The number of phenolic OH excluding ortho intramolecular Hbond substituents is 1. The van der Waals surface area contributed by atoms with Gasteiger partial charge in [0.1, 0.15) is 5.75 Å². The van der Waals surface area contributed by atoms with Crippen LogP contribution in [0.1, 0.15) is 24.0 Å². The fourth-order valence-electron chi connectivity index (χ4n) is 2.02. The Hall–Kier alpha value is -2.86. The van der Waals surface area contributed by atoms with Crippen molar-refractivity contribution in [2.24, 2.45) is 5.10 Å². The Balaban J connectivity index is 1.77. The number of hydrazone groups is 1. The van der Waals surface area contributed by atoms with E-state index in [0.717, 1.165) is 5.56 Å². The van der Waals surface area contributed by atoms with Gasteiger partial charge in [-0.1, -0.05) is 29.8 Å². The lowest BCUT2D eigenvalue weighted by Crippen LogP contribution is -2.20. The summed E-state index contributed by atoms with van der Waals surface area (Å²) in [5, 5.41) is 16.4. The molecule has 2 aromatic rings. The van der Waals surface area contributed by atoms with Gasteiger partial charge in [-0.25, -0.2) is 5.43 Å². The molecule has 7 heteroatoms. The number of aromatic hydroxyl groups is 1. The van der Waals surface area contributed by atoms with Crippen molar-refractivity contribution in [3.8, 4) is 5.75 Å². The Morgan fingerprint density at radius 3 is 2.64 bits per heavy atom. The van der Waals surface area contributed by atoms with Gasteiger partial charge in [0.15, 0.2) is 0 Å². The van der Waals surface area contributed by atoms with Gasteiger partial charge in [-0.2, -0.15) is 5.10 Å². The number of rotatable bonds is 6. The standard InChI is InChI=1S/C18H18ClN3O3/c1-12-15(19)6-3-7-16(12)21-17(24)8-9-18(25)22-20-11-13-4-2-5-14(23)10-13/h2-7,10-11,23H,8-9H2,1H3,(H,21,24)(H,22,25)/b20-11-. The van der Waals surface area contributed by atoms with Crippen LogP contribution in [0.2, 0.25) is 5.02 Å². The first-order valence-corrected chi connectivity index (χ1v) is 7.99. The quantitative estimate of drug-likeness (QED) is 0.546. The first-order valence-electron chi connectivity index (χ1n) is 7.61. The zero-order valence-corrected chi connectivity index (χ0v) is 14.4. The van der Waals surface area contributed by atoms with Gasteiger partial charge in [0.05, 0.1) is 6.21 Å². The zero-order valence-electron chi connectivity index (χ0n) is 13.6. The van der Waals surface area contributed by atoms with E-state index in [1.165, 1.54) is 18.3 Å². The highest BCUT2D eigenvalue weighted by Gasteiger charge is 2.09. The number of nitrogens with zero attached hydrogens (tertiary/aromatic N) is 1. The fraction of sp³-hybridized carbons (Fsp3) is 0.167. The highest BCUT2D eigenvalue weighted by atomic mass is 35.5. The third-order valence-corrected chi connectivity index (χ3v) is 3.80. The minimum atomic E-state index is -0.380. The van der Waals surface area contributed by atoms with Crippen LogP contribution in [0.3, 0.4) is 0 Å². The Kier molecular flexibility index (Phi) is 6.54. The molecular weight excluding hydrogens is 342 g/mol. The van der Waals surface area contributed by atoms with Gasteiger partial charge in [0.2, 0.25) is 11.8 Å². The molecule has 2 rings (SSSR count). The second kappa shape index (κ2) is 8.84. The first kappa shape index (κ1) is 18.5. The summed E-state index contributed by atoms with van der Waals surface area (Å²) in [5.41, 5.74) is 4.39. The molecule has 0 radical (unpaired) electrons. The molecule has 25 heavy (non-hydrogen) atoms. The molecule has 0 saturated heterocycles. The van der Waals surface area contributed by atoms with Crippen molar-refractivity contribution < 1.29 is 14.7 Å². The van der Waals surface area contributed by atoms with Gasteiger partial charge in [0.25, 0.3) is 0 Å². The molecule has 0 bridgehead atoms. The van der Waals surface area contributed by atoms with Crippen LogP contribution in [0.4, 0.5) is 5.69 Å². The van der Waals surface area contributed by atoms with Crippen LogP contribution in [0.5, 0.6) is 5.75 Å². The van der Waals surface area contributed by atoms with Gasteiger partial charge in [-0.3, -0.25) is 9.59 Å². The lowest BCUT2D eigenvalue weighted by Gasteiger charge is -2.09. The molecule has 6 nitrogen and oxygen atoms in total. The van der Waals surface area contributed by atoms with Crippen molar-refractivity contribution in [2.45, 2.75) is 19.8 Å². The Morgan fingerprint density at radius 1 is 1.16 bits per heavy atom. The number of halogens is 1. The van der Waals surface area contributed by atoms with Crippen molar-refractivity contribution in [1.82, 2.24) is 5.43 Å². The second-order valence-corrected chi connectivity index (χ2v) is 5.76. The van der Waals surface area contributed by atoms with Crippen molar-refractivity contribution in [1.29, 1.82) is 0 Å². The number of phenols is 1. The highest BCUT2D eigenvalue weighted by molar-refractivity contribution is 6.31. The van der Waals surface area contributed by atoms with Crippen LogP contribution >= 0.6 is 11.6 Å². The summed E-state index contributed by atoms with van der Waals surface area (Å²) in [6.45, 7) is 1.81. The Morgan fingerprint density at radius 2 is 1.88 bits per heavy atom. The van der Waals surface area contributed by atoms with Gasteiger partial charge in [-0.05, 0) is 42.3 Å². The number of carbonyl (C=O) groups excluding carboxylic acids is 2. The van der Waals surface area contributed by atoms with Crippen molar-refractivity contribution in [3.05, 3.63) is 58.6 Å². The molecule has 0 unspecified atom stereocenters. The van der Waals surface area contributed by atoms with Crippen molar-refractivity contribution >= 4 is 35.3 Å². The number of amides is 2. The molecule has 0 aromatic heterocycles. The molecule has 0 spiro atoms. The number of nitrogens with one attached hydrogen (secondary N) is 2. The lowest BCUT2D eigenvalue weighted by atomic mass is 10.2. The maximum Gasteiger partial charge on any atom is 0.240 e. The predicted octanol–water partition coefficient (Wildman–Crippen LogP) is 3.22. The number of carbonyl (C=O) groups is 2. The SMILES string of the molecule is Cc1c(Cl)cccc1NC(=O)CCC(=O)N/N=C\c1cccc(O)c1. The van der Waals surface area contributed by atoms with Crippen molar-refractivity contribution in [3.63, 3.8) is 0 Å².